The van der Waals surface area contributed by atoms with Crippen LogP contribution in [0.3, 0.4) is 0 Å². The van der Waals surface area contributed by atoms with Crippen molar-refractivity contribution < 1.29 is 36.6 Å². The van der Waals surface area contributed by atoms with Gasteiger partial charge in [0.15, 0.2) is 0 Å². The van der Waals surface area contributed by atoms with Gasteiger partial charge in [-0.05, 0) is 24.1 Å². The molecule has 0 aromatic heterocycles. The Morgan fingerprint density at radius 1 is 1.29 bits per heavy atom. The average molecular weight is 519 g/mol. The van der Waals surface area contributed by atoms with Gasteiger partial charge >= 0.3 is 12.1 Å². The number of imide groups is 1. The first kappa shape index (κ1) is 27.3. The molecule has 1 aliphatic heterocycles. The highest BCUT2D eigenvalue weighted by Crippen LogP contribution is 2.26. The van der Waals surface area contributed by atoms with Crippen LogP contribution in [0.25, 0.3) is 0 Å². The molecule has 0 radical (unpaired) electrons. The third-order valence-electron chi connectivity index (χ3n) is 4.91. The van der Waals surface area contributed by atoms with Gasteiger partial charge in [0.2, 0.25) is 5.91 Å². The number of amides is 4. The zero-order valence-electron chi connectivity index (χ0n) is 18.6. The summed E-state index contributed by atoms with van der Waals surface area (Å²) in [5.74, 6) is 0.295. The Hall–Kier alpha value is -2.91. The molecular weight excluding hydrogens is 492 g/mol. The lowest BCUT2D eigenvalue weighted by Crippen LogP contribution is -2.38. The van der Waals surface area contributed by atoms with Crippen LogP contribution in [0.1, 0.15) is 18.4 Å². The molecule has 1 fully saturated rings. The fourth-order valence-corrected chi connectivity index (χ4v) is 4.89. The minimum Gasteiger partial charge on any atom is -0.445 e. The highest BCUT2D eigenvalue weighted by atomic mass is 32.2. The minimum atomic E-state index is -3.74. The SMILES string of the molecule is CN(C(N)=O)C(=O)CCSCC1CC(OS(C)(=O)=O)CN1C(=O)OCc1ccc([N+](=O)[O-])cc1. The first-order chi connectivity index (χ1) is 15.9. The van der Waals surface area contributed by atoms with Crippen molar-refractivity contribution in [3.05, 3.63) is 39.9 Å². The number of nitro benzene ring substituents is 1. The summed E-state index contributed by atoms with van der Waals surface area (Å²) in [6.45, 7) is -0.126. The van der Waals surface area contributed by atoms with Gasteiger partial charge in [0.1, 0.15) is 6.61 Å². The minimum absolute atomic E-state index is 0.000729. The summed E-state index contributed by atoms with van der Waals surface area (Å²) in [6.07, 6.45) is -0.192. The zero-order chi connectivity index (χ0) is 25.5. The number of likely N-dealkylation sites (tertiary alicyclic amines) is 1. The van der Waals surface area contributed by atoms with Crippen molar-refractivity contribution in [2.75, 3.05) is 31.4 Å². The monoisotopic (exact) mass is 518 g/mol. The highest BCUT2D eigenvalue weighted by Gasteiger charge is 2.38. The van der Waals surface area contributed by atoms with Crippen LogP contribution in [-0.4, -0.2) is 84.7 Å². The fourth-order valence-electron chi connectivity index (χ4n) is 3.18. The van der Waals surface area contributed by atoms with Gasteiger partial charge in [-0.1, -0.05) is 0 Å². The smallest absolute Gasteiger partial charge is 0.410 e. The standard InChI is InChI=1S/C19H26N4O9S2/c1-21(18(20)25)17(24)7-8-33-12-15-9-16(32-34(2,29)30)10-22(15)19(26)31-11-13-3-5-14(6-4-13)23(27)28/h3-6,15-16H,7-12H2,1-2H3,(H2,20,25). The van der Waals surface area contributed by atoms with Crippen LogP contribution >= 0.6 is 11.8 Å². The number of nitrogens with two attached hydrogens (primary N) is 1. The van der Waals surface area contributed by atoms with Crippen molar-refractivity contribution in [2.45, 2.75) is 31.6 Å². The molecule has 188 valence electrons. The van der Waals surface area contributed by atoms with Crippen molar-refractivity contribution in [2.24, 2.45) is 5.73 Å². The number of hydrogen-bond acceptors (Lipinski definition) is 10. The summed E-state index contributed by atoms with van der Waals surface area (Å²) in [5.41, 5.74) is 5.51. The predicted molar refractivity (Wildman–Crippen MR) is 122 cm³/mol. The first-order valence-electron chi connectivity index (χ1n) is 10.1. The van der Waals surface area contributed by atoms with Crippen LogP contribution in [0.15, 0.2) is 24.3 Å². The topological polar surface area (TPSA) is 179 Å². The predicted octanol–water partition coefficient (Wildman–Crippen LogP) is 1.31. The molecule has 2 unspecified atom stereocenters. The van der Waals surface area contributed by atoms with E-state index < -0.39 is 45.2 Å². The van der Waals surface area contributed by atoms with Crippen molar-refractivity contribution in [1.29, 1.82) is 0 Å². The molecule has 34 heavy (non-hydrogen) atoms. The maximum atomic E-state index is 12.7. The molecule has 1 saturated heterocycles. The molecule has 4 amide bonds. The van der Waals surface area contributed by atoms with E-state index in [1.165, 1.54) is 48.0 Å². The molecule has 2 atom stereocenters. The summed E-state index contributed by atoms with van der Waals surface area (Å²) >= 11 is 1.35. The molecule has 1 aliphatic rings. The number of nitro groups is 1. The Labute approximate surface area is 200 Å². The summed E-state index contributed by atoms with van der Waals surface area (Å²) in [4.78, 5) is 47.9. The van der Waals surface area contributed by atoms with Gasteiger partial charge in [-0.25, -0.2) is 9.59 Å². The van der Waals surface area contributed by atoms with Crippen LogP contribution in [-0.2, 0) is 30.4 Å². The number of ether oxygens (including phenoxy) is 1. The maximum absolute atomic E-state index is 12.7. The van der Waals surface area contributed by atoms with E-state index in [4.69, 9.17) is 14.7 Å². The van der Waals surface area contributed by atoms with Gasteiger partial charge in [-0.2, -0.15) is 20.2 Å². The van der Waals surface area contributed by atoms with E-state index in [9.17, 15) is 32.9 Å². The Balaban J connectivity index is 1.95. The molecule has 13 nitrogen and oxygen atoms in total. The second-order valence-electron chi connectivity index (χ2n) is 7.56. The Morgan fingerprint density at radius 2 is 1.94 bits per heavy atom. The average Bonchev–Trinajstić information content (AvgIpc) is 3.15. The van der Waals surface area contributed by atoms with Gasteiger partial charge in [-0.15, -0.1) is 0 Å². The highest BCUT2D eigenvalue weighted by molar-refractivity contribution is 7.99. The lowest BCUT2D eigenvalue weighted by atomic mass is 10.2. The van der Waals surface area contributed by atoms with Crippen molar-refractivity contribution in [3.63, 3.8) is 0 Å². The number of hydrogen-bond donors (Lipinski definition) is 1. The number of primary amides is 1. The normalized spacial score (nSPS) is 17.9. The molecule has 0 bridgehead atoms. The lowest BCUT2D eigenvalue weighted by Gasteiger charge is -2.23. The van der Waals surface area contributed by atoms with Crippen LogP contribution in [0.5, 0.6) is 0 Å². The number of carbonyl (C=O) groups is 3. The lowest BCUT2D eigenvalue weighted by molar-refractivity contribution is -0.384. The zero-order valence-corrected chi connectivity index (χ0v) is 20.2. The quantitative estimate of drug-likeness (QED) is 0.205. The number of non-ortho nitro benzene ring substituents is 1. The van der Waals surface area contributed by atoms with Crippen molar-refractivity contribution in [1.82, 2.24) is 9.80 Å². The van der Waals surface area contributed by atoms with Crippen molar-refractivity contribution >= 4 is 45.6 Å². The van der Waals surface area contributed by atoms with Crippen LogP contribution < -0.4 is 5.73 Å². The molecule has 0 aliphatic carbocycles. The number of carbonyl (C=O) groups excluding carboxylic acids is 3. The van der Waals surface area contributed by atoms with E-state index in [1.807, 2.05) is 0 Å². The third kappa shape index (κ3) is 8.46. The van der Waals surface area contributed by atoms with Gasteiger partial charge in [-0.3, -0.25) is 24.0 Å². The molecule has 0 spiro atoms. The van der Waals surface area contributed by atoms with E-state index in [-0.39, 0.29) is 31.7 Å². The third-order valence-corrected chi connectivity index (χ3v) is 6.64. The van der Waals surface area contributed by atoms with Gasteiger partial charge < -0.3 is 15.4 Å². The van der Waals surface area contributed by atoms with Crippen LogP contribution in [0.2, 0.25) is 0 Å². The number of nitrogens with zero attached hydrogens (tertiary/aromatic N) is 3. The number of benzene rings is 1. The van der Waals surface area contributed by atoms with E-state index in [0.29, 0.717) is 17.1 Å². The second kappa shape index (κ2) is 12.0. The molecule has 2 rings (SSSR count). The summed E-state index contributed by atoms with van der Waals surface area (Å²) in [7, 11) is -2.46. The molecule has 0 saturated carbocycles. The van der Waals surface area contributed by atoms with Crippen LogP contribution in [0.4, 0.5) is 15.3 Å². The van der Waals surface area contributed by atoms with Gasteiger partial charge in [0, 0.05) is 43.1 Å². The largest absolute Gasteiger partial charge is 0.445 e. The molecule has 15 heteroatoms. The van der Waals surface area contributed by atoms with Gasteiger partial charge in [0.05, 0.1) is 23.8 Å². The maximum Gasteiger partial charge on any atom is 0.410 e. The van der Waals surface area contributed by atoms with E-state index in [1.54, 1.807) is 0 Å². The molecule has 1 aromatic carbocycles. The van der Waals surface area contributed by atoms with E-state index in [2.05, 4.69) is 0 Å². The molecule has 1 heterocycles. The number of rotatable bonds is 10. The molecule has 1 aromatic rings. The first-order valence-corrected chi connectivity index (χ1v) is 13.0. The summed E-state index contributed by atoms with van der Waals surface area (Å²) in [6, 6.07) is 4.27. The summed E-state index contributed by atoms with van der Waals surface area (Å²) < 4.78 is 33.4. The number of thioether (sulfide) groups is 1. The van der Waals surface area contributed by atoms with Crippen molar-refractivity contribution in [3.8, 4) is 0 Å². The number of urea groups is 1. The van der Waals surface area contributed by atoms with E-state index in [0.717, 1.165) is 11.2 Å². The molecule has 2 N–H and O–H groups in total. The Kier molecular flexibility index (Phi) is 9.64. The Morgan fingerprint density at radius 3 is 2.50 bits per heavy atom. The molecular formula is C19H26N4O9S2. The Bertz CT molecular complexity index is 1020. The fraction of sp³-hybridized carbons (Fsp3) is 0.526. The van der Waals surface area contributed by atoms with Crippen LogP contribution in [0, 0.1) is 10.1 Å². The second-order valence-corrected chi connectivity index (χ2v) is 10.3. The summed E-state index contributed by atoms with van der Waals surface area (Å²) in [5, 5.41) is 10.7. The van der Waals surface area contributed by atoms with Gasteiger partial charge in [0.25, 0.3) is 15.8 Å². The van der Waals surface area contributed by atoms with E-state index >= 15 is 0 Å².